The van der Waals surface area contributed by atoms with E-state index in [1.165, 1.54) is 7.05 Å². The number of fused-ring (bicyclic) bond motifs is 2. The van der Waals surface area contributed by atoms with E-state index in [2.05, 4.69) is 20.8 Å². The molecule has 0 spiro atoms. The van der Waals surface area contributed by atoms with E-state index < -0.39 is 6.17 Å². The van der Waals surface area contributed by atoms with E-state index in [1.54, 1.807) is 29.3 Å². The van der Waals surface area contributed by atoms with Gasteiger partial charge in [-0.05, 0) is 92.5 Å². The van der Waals surface area contributed by atoms with Gasteiger partial charge >= 0.3 is 0 Å². The van der Waals surface area contributed by atoms with Crippen LogP contribution in [-0.4, -0.2) is 47.6 Å². The van der Waals surface area contributed by atoms with Crippen molar-refractivity contribution in [3.8, 4) is 22.9 Å². The number of nitrogen functional groups attached to an aromatic ring is 1. The van der Waals surface area contributed by atoms with Crippen LogP contribution in [0, 0.1) is 6.92 Å². The molecule has 1 aliphatic rings. The standard InChI is InChI=1S/C23H18FN7.C7H7NO.CH5N/c24-18-7-5-14-4-6-15(13-17(14)18)31-22(16-3-1-10-26-21(16)25)28-19-8-9-20(29-23(19)31)30-12-2-11-27-30;1-6-2-3-7(5-9)4-8-6;1-2/h1-4,6,8-13,18H,5,7H2,(H2,25,26);2-5H,1H3;2H2,1H3. The van der Waals surface area contributed by atoms with E-state index in [0.29, 0.717) is 46.2 Å². The summed E-state index contributed by atoms with van der Waals surface area (Å²) in [6.45, 7) is 1.88. The molecule has 5 heterocycles. The number of carbonyl (C=O) groups excluding carboxylic acids is 1. The van der Waals surface area contributed by atoms with E-state index >= 15 is 0 Å². The summed E-state index contributed by atoms with van der Waals surface area (Å²) in [6.07, 6.45) is 7.84. The van der Waals surface area contributed by atoms with Crippen LogP contribution in [0.1, 0.15) is 39.8 Å². The Morgan fingerprint density at radius 3 is 2.57 bits per heavy atom. The van der Waals surface area contributed by atoms with Gasteiger partial charge in [-0.3, -0.25) is 14.3 Å². The Labute approximate surface area is 241 Å². The molecule has 6 aromatic rings. The van der Waals surface area contributed by atoms with Crippen LogP contribution in [0.4, 0.5) is 10.2 Å². The highest BCUT2D eigenvalue weighted by molar-refractivity contribution is 5.83. The molecule has 0 fully saturated rings. The number of imidazole rings is 1. The molecule has 0 radical (unpaired) electrons. The predicted molar refractivity (Wildman–Crippen MR) is 160 cm³/mol. The van der Waals surface area contributed by atoms with Gasteiger partial charge in [-0.2, -0.15) is 5.10 Å². The van der Waals surface area contributed by atoms with Crippen LogP contribution in [0.15, 0.2) is 85.5 Å². The Balaban J connectivity index is 0.000000274. The minimum absolute atomic E-state index is 0.371. The van der Waals surface area contributed by atoms with Crippen molar-refractivity contribution in [1.29, 1.82) is 0 Å². The van der Waals surface area contributed by atoms with Crippen LogP contribution in [0.2, 0.25) is 0 Å². The Morgan fingerprint density at radius 2 is 1.86 bits per heavy atom. The maximum Gasteiger partial charge on any atom is 0.167 e. The number of hydrogen-bond acceptors (Lipinski definition) is 8. The summed E-state index contributed by atoms with van der Waals surface area (Å²) in [5.41, 5.74) is 16.8. The summed E-state index contributed by atoms with van der Waals surface area (Å²) in [5.74, 6) is 1.64. The molecule has 1 unspecified atom stereocenters. The maximum atomic E-state index is 14.5. The number of nitrogens with zero attached hydrogens (tertiary/aromatic N) is 7. The number of aryl methyl sites for hydroxylation is 2. The number of carbonyl (C=O) groups is 1. The van der Waals surface area contributed by atoms with Crippen LogP contribution < -0.4 is 11.5 Å². The van der Waals surface area contributed by atoms with Crippen LogP contribution in [0.3, 0.4) is 0 Å². The topological polar surface area (TPSA) is 143 Å². The van der Waals surface area contributed by atoms with Crippen LogP contribution in [0.25, 0.3) is 34.1 Å². The predicted octanol–water partition coefficient (Wildman–Crippen LogP) is 4.98. The van der Waals surface area contributed by atoms with Crippen LogP contribution in [-0.2, 0) is 6.42 Å². The van der Waals surface area contributed by atoms with Gasteiger partial charge in [-0.25, -0.2) is 24.0 Å². The second kappa shape index (κ2) is 12.5. The molecule has 42 heavy (non-hydrogen) atoms. The van der Waals surface area contributed by atoms with Gasteiger partial charge in [-0.1, -0.05) is 6.07 Å². The third kappa shape index (κ3) is 5.63. The summed E-state index contributed by atoms with van der Waals surface area (Å²) >= 11 is 0. The molecule has 1 aromatic carbocycles. The highest BCUT2D eigenvalue weighted by Gasteiger charge is 2.24. The number of aldehydes is 1. The first-order valence-corrected chi connectivity index (χ1v) is 13.3. The lowest BCUT2D eigenvalue weighted by Crippen LogP contribution is -2.04. The van der Waals surface area contributed by atoms with Crippen LogP contribution >= 0.6 is 0 Å². The fourth-order valence-electron chi connectivity index (χ4n) is 4.74. The Bertz CT molecular complexity index is 1820. The first-order chi connectivity index (χ1) is 20.5. The number of benzene rings is 1. The number of hydrogen-bond donors (Lipinski definition) is 2. The van der Waals surface area contributed by atoms with Crippen molar-refractivity contribution >= 4 is 23.3 Å². The van der Waals surface area contributed by atoms with Crippen LogP contribution in [0.5, 0.6) is 0 Å². The smallest absolute Gasteiger partial charge is 0.167 e. The number of anilines is 1. The molecule has 10 nitrogen and oxygen atoms in total. The number of nitrogens with two attached hydrogens (primary N) is 2. The lowest BCUT2D eigenvalue weighted by atomic mass is 10.1. The normalized spacial score (nSPS) is 13.5. The fourth-order valence-corrected chi connectivity index (χ4v) is 4.74. The zero-order valence-electron chi connectivity index (χ0n) is 23.2. The molecular weight excluding hydrogens is 533 g/mol. The molecule has 0 amide bonds. The number of alkyl halides is 1. The van der Waals surface area contributed by atoms with E-state index in [1.807, 2.05) is 72.3 Å². The average molecular weight is 564 g/mol. The molecule has 11 heteroatoms. The summed E-state index contributed by atoms with van der Waals surface area (Å²) in [4.78, 5) is 27.9. The van der Waals surface area contributed by atoms with Crippen molar-refractivity contribution < 1.29 is 9.18 Å². The second-order valence-corrected chi connectivity index (χ2v) is 9.41. The lowest BCUT2D eigenvalue weighted by molar-refractivity contribution is 0.112. The van der Waals surface area contributed by atoms with E-state index in [9.17, 15) is 9.18 Å². The average Bonchev–Trinajstić information content (AvgIpc) is 3.78. The summed E-state index contributed by atoms with van der Waals surface area (Å²) < 4.78 is 18.1. The summed E-state index contributed by atoms with van der Waals surface area (Å²) in [6, 6.07) is 18.7. The van der Waals surface area contributed by atoms with Crippen molar-refractivity contribution in [2.45, 2.75) is 25.9 Å². The van der Waals surface area contributed by atoms with Crippen molar-refractivity contribution in [3.63, 3.8) is 0 Å². The van der Waals surface area contributed by atoms with Crippen molar-refractivity contribution in [3.05, 3.63) is 108 Å². The molecule has 0 saturated carbocycles. The Hall–Kier alpha value is -5.29. The fraction of sp³-hybridized carbons (Fsp3) is 0.161. The van der Waals surface area contributed by atoms with Gasteiger partial charge < -0.3 is 11.5 Å². The van der Waals surface area contributed by atoms with Crippen molar-refractivity contribution in [2.24, 2.45) is 5.73 Å². The Morgan fingerprint density at radius 1 is 1.00 bits per heavy atom. The van der Waals surface area contributed by atoms with Gasteiger partial charge in [0.25, 0.3) is 0 Å². The first kappa shape index (κ1) is 28.2. The number of pyridine rings is 3. The van der Waals surface area contributed by atoms with E-state index in [0.717, 1.165) is 35.2 Å². The minimum Gasteiger partial charge on any atom is -0.383 e. The van der Waals surface area contributed by atoms with Gasteiger partial charge in [0, 0.05) is 41.7 Å². The van der Waals surface area contributed by atoms with Gasteiger partial charge in [0.1, 0.15) is 17.5 Å². The van der Waals surface area contributed by atoms with Gasteiger partial charge in [0.05, 0.1) is 5.56 Å². The molecule has 0 aliphatic heterocycles. The molecule has 1 atom stereocenters. The molecule has 4 N–H and O–H groups in total. The van der Waals surface area contributed by atoms with E-state index in [4.69, 9.17) is 15.7 Å². The van der Waals surface area contributed by atoms with Crippen molar-refractivity contribution in [1.82, 2.24) is 34.3 Å². The van der Waals surface area contributed by atoms with Crippen molar-refractivity contribution in [2.75, 3.05) is 12.8 Å². The second-order valence-electron chi connectivity index (χ2n) is 9.41. The molecule has 212 valence electrons. The zero-order valence-corrected chi connectivity index (χ0v) is 23.2. The molecule has 5 aromatic heterocycles. The molecule has 0 saturated heterocycles. The SMILES string of the molecule is CN.Cc1ccc(C=O)cn1.Nc1ncccc1-c1nc2ccc(-n3cccn3)nc2n1-c1ccc2c(c1)C(F)CC2. The lowest BCUT2D eigenvalue weighted by Gasteiger charge is -2.12. The monoisotopic (exact) mass is 563 g/mol. The third-order valence-electron chi connectivity index (χ3n) is 6.77. The third-order valence-corrected chi connectivity index (χ3v) is 6.77. The minimum atomic E-state index is -0.954. The number of halogens is 1. The number of rotatable bonds is 4. The summed E-state index contributed by atoms with van der Waals surface area (Å²) in [7, 11) is 1.50. The molecule has 1 aliphatic carbocycles. The summed E-state index contributed by atoms with van der Waals surface area (Å²) in [5, 5.41) is 4.28. The maximum absolute atomic E-state index is 14.5. The largest absolute Gasteiger partial charge is 0.383 e. The highest BCUT2D eigenvalue weighted by Crippen LogP contribution is 2.37. The molecular formula is C31H30FN9O. The highest BCUT2D eigenvalue weighted by atomic mass is 19.1. The zero-order chi connectivity index (χ0) is 29.6. The van der Waals surface area contributed by atoms with E-state index in [-0.39, 0.29) is 0 Å². The van der Waals surface area contributed by atoms with Gasteiger partial charge in [0.15, 0.2) is 23.6 Å². The first-order valence-electron chi connectivity index (χ1n) is 13.3. The molecule has 0 bridgehead atoms. The van der Waals surface area contributed by atoms with Gasteiger partial charge in [0.2, 0.25) is 0 Å². The number of aromatic nitrogens is 7. The van der Waals surface area contributed by atoms with Gasteiger partial charge in [-0.15, -0.1) is 0 Å². The molecule has 7 rings (SSSR count). The quantitative estimate of drug-likeness (QED) is 0.286. The Kier molecular flexibility index (Phi) is 8.39.